The predicted molar refractivity (Wildman–Crippen MR) is 57.9 cm³/mol. The predicted octanol–water partition coefficient (Wildman–Crippen LogP) is 2.58. The second kappa shape index (κ2) is 5.38. The number of pyridine rings is 1. The molecule has 0 aliphatic carbocycles. The number of hydrogen-bond donors (Lipinski definition) is 0. The minimum absolute atomic E-state index is 0.333. The standard InChI is InChI=1S/C12H17F3NO/c1-4-9-10(5-2)16(3)7-6-11(9)17-8-12(13,14)15/h6-7H,4-5,8H2,1-3H3/q+1. The molecule has 0 aliphatic rings. The van der Waals surface area contributed by atoms with Crippen molar-refractivity contribution >= 4 is 0 Å². The largest absolute Gasteiger partial charge is 0.483 e. The maximum Gasteiger partial charge on any atom is 0.422 e. The molecule has 0 saturated carbocycles. The minimum atomic E-state index is -4.30. The molecule has 1 aromatic heterocycles. The second-order valence-electron chi connectivity index (χ2n) is 3.83. The van der Waals surface area contributed by atoms with Crippen LogP contribution in [-0.4, -0.2) is 12.8 Å². The maximum atomic E-state index is 12.1. The number of halogens is 3. The van der Waals surface area contributed by atoms with Gasteiger partial charge in [-0.05, 0) is 6.42 Å². The summed E-state index contributed by atoms with van der Waals surface area (Å²) < 4.78 is 43.1. The number of alkyl halides is 3. The summed E-state index contributed by atoms with van der Waals surface area (Å²) in [6.45, 7) is 2.65. The summed E-state index contributed by atoms with van der Waals surface area (Å²) in [5.41, 5.74) is 1.86. The van der Waals surface area contributed by atoms with Crippen molar-refractivity contribution in [2.24, 2.45) is 7.05 Å². The van der Waals surface area contributed by atoms with Crippen LogP contribution in [0.1, 0.15) is 25.1 Å². The van der Waals surface area contributed by atoms with Gasteiger partial charge in [-0.3, -0.25) is 0 Å². The molecule has 0 radical (unpaired) electrons. The van der Waals surface area contributed by atoms with Crippen LogP contribution in [0.15, 0.2) is 12.3 Å². The van der Waals surface area contributed by atoms with Crippen LogP contribution >= 0.6 is 0 Å². The van der Waals surface area contributed by atoms with Gasteiger partial charge in [0.1, 0.15) is 12.8 Å². The summed E-state index contributed by atoms with van der Waals surface area (Å²) in [4.78, 5) is 0. The first-order valence-electron chi connectivity index (χ1n) is 5.59. The molecule has 0 aliphatic heterocycles. The first-order chi connectivity index (χ1) is 7.89. The summed E-state index contributed by atoms with van der Waals surface area (Å²) in [6.07, 6.45) is -1.15. The number of aromatic nitrogens is 1. The van der Waals surface area contributed by atoms with Gasteiger partial charge in [0.2, 0.25) is 0 Å². The van der Waals surface area contributed by atoms with E-state index in [0.29, 0.717) is 12.2 Å². The van der Waals surface area contributed by atoms with Crippen LogP contribution in [0.5, 0.6) is 5.75 Å². The zero-order valence-electron chi connectivity index (χ0n) is 10.3. The van der Waals surface area contributed by atoms with E-state index in [4.69, 9.17) is 4.74 Å². The minimum Gasteiger partial charge on any atom is -0.483 e. The van der Waals surface area contributed by atoms with Crippen LogP contribution in [-0.2, 0) is 19.9 Å². The molecule has 0 N–H and O–H groups in total. The first kappa shape index (κ1) is 13.8. The lowest BCUT2D eigenvalue weighted by Gasteiger charge is -2.13. The third-order valence-electron chi connectivity index (χ3n) is 2.60. The van der Waals surface area contributed by atoms with Crippen molar-refractivity contribution < 1.29 is 22.5 Å². The van der Waals surface area contributed by atoms with E-state index in [0.717, 1.165) is 17.7 Å². The monoisotopic (exact) mass is 248 g/mol. The van der Waals surface area contributed by atoms with E-state index in [1.54, 1.807) is 12.3 Å². The van der Waals surface area contributed by atoms with Crippen LogP contribution in [0, 0.1) is 0 Å². The van der Waals surface area contributed by atoms with Crippen LogP contribution in [0.25, 0.3) is 0 Å². The van der Waals surface area contributed by atoms with E-state index < -0.39 is 12.8 Å². The van der Waals surface area contributed by atoms with Gasteiger partial charge in [-0.2, -0.15) is 13.2 Å². The molecule has 1 rings (SSSR count). The maximum absolute atomic E-state index is 12.1. The zero-order valence-corrected chi connectivity index (χ0v) is 10.3. The van der Waals surface area contributed by atoms with Crippen molar-refractivity contribution in [1.29, 1.82) is 0 Å². The van der Waals surface area contributed by atoms with Gasteiger partial charge < -0.3 is 4.74 Å². The average Bonchev–Trinajstić information content (AvgIpc) is 2.25. The SMILES string of the molecule is CCc1c(OCC(F)(F)F)cc[n+](C)c1CC. The topological polar surface area (TPSA) is 13.1 Å². The van der Waals surface area contributed by atoms with E-state index in [1.807, 2.05) is 25.5 Å². The van der Waals surface area contributed by atoms with E-state index >= 15 is 0 Å². The molecule has 0 bridgehead atoms. The van der Waals surface area contributed by atoms with Gasteiger partial charge in [0.25, 0.3) is 0 Å². The molecule has 17 heavy (non-hydrogen) atoms. The van der Waals surface area contributed by atoms with Crippen LogP contribution < -0.4 is 9.30 Å². The Kier molecular flexibility index (Phi) is 4.37. The third kappa shape index (κ3) is 3.61. The Morgan fingerprint density at radius 3 is 2.35 bits per heavy atom. The Hall–Kier alpha value is -1.26. The van der Waals surface area contributed by atoms with E-state index in [2.05, 4.69) is 0 Å². The molecule has 0 saturated heterocycles. The second-order valence-corrected chi connectivity index (χ2v) is 3.83. The summed E-state index contributed by atoms with van der Waals surface area (Å²) >= 11 is 0. The first-order valence-corrected chi connectivity index (χ1v) is 5.59. The summed E-state index contributed by atoms with van der Waals surface area (Å²) in [7, 11) is 1.88. The van der Waals surface area contributed by atoms with Gasteiger partial charge in [0.15, 0.2) is 18.5 Å². The summed E-state index contributed by atoms with van der Waals surface area (Å²) in [5, 5.41) is 0. The fourth-order valence-electron chi connectivity index (χ4n) is 1.86. The smallest absolute Gasteiger partial charge is 0.422 e. The Morgan fingerprint density at radius 2 is 1.88 bits per heavy atom. The van der Waals surface area contributed by atoms with Crippen molar-refractivity contribution in [3.8, 4) is 5.75 Å². The summed E-state index contributed by atoms with van der Waals surface area (Å²) in [6, 6.07) is 1.59. The number of nitrogens with zero attached hydrogens (tertiary/aromatic N) is 1. The zero-order chi connectivity index (χ0) is 13.1. The molecule has 96 valence electrons. The Labute approximate surface area is 99.0 Å². The van der Waals surface area contributed by atoms with Crippen molar-refractivity contribution in [3.05, 3.63) is 23.5 Å². The number of hydrogen-bond acceptors (Lipinski definition) is 1. The van der Waals surface area contributed by atoms with Crippen molar-refractivity contribution in [1.82, 2.24) is 0 Å². The third-order valence-corrected chi connectivity index (χ3v) is 2.60. The van der Waals surface area contributed by atoms with Gasteiger partial charge in [-0.15, -0.1) is 0 Å². The van der Waals surface area contributed by atoms with E-state index in [1.165, 1.54) is 0 Å². The number of ether oxygens (including phenoxy) is 1. The highest BCUT2D eigenvalue weighted by Gasteiger charge is 2.29. The van der Waals surface area contributed by atoms with Crippen LogP contribution in [0.2, 0.25) is 0 Å². The highest BCUT2D eigenvalue weighted by Crippen LogP contribution is 2.23. The Bertz CT molecular complexity index is 388. The lowest BCUT2D eigenvalue weighted by molar-refractivity contribution is -0.679. The average molecular weight is 248 g/mol. The van der Waals surface area contributed by atoms with Gasteiger partial charge in [-0.1, -0.05) is 13.8 Å². The summed E-state index contributed by atoms with van der Waals surface area (Å²) in [5.74, 6) is 0.333. The van der Waals surface area contributed by atoms with Gasteiger partial charge >= 0.3 is 6.18 Å². The van der Waals surface area contributed by atoms with Gasteiger partial charge in [0.05, 0.1) is 5.56 Å². The molecule has 0 unspecified atom stereocenters. The quantitative estimate of drug-likeness (QED) is 0.746. The van der Waals surface area contributed by atoms with Crippen molar-refractivity contribution in [2.75, 3.05) is 6.61 Å². The Balaban J connectivity index is 3.00. The lowest BCUT2D eigenvalue weighted by atomic mass is 10.1. The fraction of sp³-hybridized carbons (Fsp3) is 0.583. The van der Waals surface area contributed by atoms with Crippen molar-refractivity contribution in [2.45, 2.75) is 32.9 Å². The fourth-order valence-corrected chi connectivity index (χ4v) is 1.86. The molecule has 1 heterocycles. The molecular formula is C12H17F3NO+. The van der Waals surface area contributed by atoms with Gasteiger partial charge in [-0.25, -0.2) is 4.57 Å². The molecule has 1 aromatic rings. The van der Waals surface area contributed by atoms with Crippen LogP contribution in [0.3, 0.4) is 0 Å². The highest BCUT2D eigenvalue weighted by atomic mass is 19.4. The van der Waals surface area contributed by atoms with E-state index in [-0.39, 0.29) is 0 Å². The van der Waals surface area contributed by atoms with Crippen LogP contribution in [0.4, 0.5) is 13.2 Å². The Morgan fingerprint density at radius 1 is 1.24 bits per heavy atom. The van der Waals surface area contributed by atoms with E-state index in [9.17, 15) is 13.2 Å². The molecule has 5 heteroatoms. The number of rotatable bonds is 4. The molecule has 2 nitrogen and oxygen atoms in total. The molecule has 0 aromatic carbocycles. The molecular weight excluding hydrogens is 231 g/mol. The number of aryl methyl sites for hydroxylation is 1. The van der Waals surface area contributed by atoms with Gasteiger partial charge in [0, 0.05) is 12.5 Å². The van der Waals surface area contributed by atoms with Crippen molar-refractivity contribution in [3.63, 3.8) is 0 Å². The molecule has 0 amide bonds. The molecule has 0 fully saturated rings. The molecule has 0 atom stereocenters. The normalized spacial score (nSPS) is 11.6. The molecule has 0 spiro atoms. The highest BCUT2D eigenvalue weighted by molar-refractivity contribution is 5.33. The lowest BCUT2D eigenvalue weighted by Crippen LogP contribution is -2.34.